The van der Waals surface area contributed by atoms with E-state index < -0.39 is 6.10 Å². The Balaban J connectivity index is 1.22. The molecule has 0 aliphatic carbocycles. The van der Waals surface area contributed by atoms with Crippen LogP contribution in [0.25, 0.3) is 0 Å². The minimum absolute atomic E-state index is 0.0535. The Bertz CT molecular complexity index is 851. The minimum Gasteiger partial charge on any atom is -0.491 e. The van der Waals surface area contributed by atoms with E-state index in [0.29, 0.717) is 13.0 Å². The summed E-state index contributed by atoms with van der Waals surface area (Å²) in [5.41, 5.74) is 3.11. The third-order valence-corrected chi connectivity index (χ3v) is 5.70. The van der Waals surface area contributed by atoms with Crippen molar-refractivity contribution in [3.8, 4) is 5.75 Å². The van der Waals surface area contributed by atoms with Crippen LogP contribution in [0.5, 0.6) is 5.75 Å². The Morgan fingerprint density at radius 3 is 2.59 bits per heavy atom. The normalized spacial score (nSPS) is 18.1. The second-order valence-corrected chi connectivity index (χ2v) is 8.03. The summed E-state index contributed by atoms with van der Waals surface area (Å²) >= 11 is 5.96. The highest BCUT2D eigenvalue weighted by Gasteiger charge is 2.20. The van der Waals surface area contributed by atoms with Crippen molar-refractivity contribution in [3.05, 3.63) is 53.1 Å². The van der Waals surface area contributed by atoms with Gasteiger partial charge in [-0.1, -0.05) is 11.6 Å². The van der Waals surface area contributed by atoms with Crippen LogP contribution in [0.1, 0.15) is 12.0 Å². The van der Waals surface area contributed by atoms with E-state index >= 15 is 0 Å². The second-order valence-electron chi connectivity index (χ2n) is 7.60. The smallest absolute Gasteiger partial charge is 0.224 e. The fourth-order valence-electron chi connectivity index (χ4n) is 3.83. The number of carbonyl (C=O) groups excluding carboxylic acids is 1. The van der Waals surface area contributed by atoms with Gasteiger partial charge in [-0.2, -0.15) is 0 Å². The van der Waals surface area contributed by atoms with Gasteiger partial charge < -0.3 is 20.1 Å². The average Bonchev–Trinajstić information content (AvgIpc) is 2.73. The van der Waals surface area contributed by atoms with Crippen molar-refractivity contribution < 1.29 is 14.6 Å². The molecule has 6 nitrogen and oxygen atoms in total. The SMILES string of the molecule is O=C1CCc2cc(OC[C@H](O)CN3CCN(c4ccc(Cl)cc4)CC3)ccc2N1. The van der Waals surface area contributed by atoms with Crippen molar-refractivity contribution in [1.82, 2.24) is 4.90 Å². The van der Waals surface area contributed by atoms with E-state index in [1.165, 1.54) is 5.69 Å². The number of carbonyl (C=O) groups is 1. The molecule has 29 heavy (non-hydrogen) atoms. The van der Waals surface area contributed by atoms with Gasteiger partial charge in [-0.15, -0.1) is 0 Å². The molecule has 7 heteroatoms. The van der Waals surface area contributed by atoms with Crippen molar-refractivity contribution in [2.24, 2.45) is 0 Å². The van der Waals surface area contributed by atoms with Crippen LogP contribution >= 0.6 is 11.6 Å². The van der Waals surface area contributed by atoms with Gasteiger partial charge in [0.05, 0.1) is 0 Å². The number of aliphatic hydroxyl groups is 1. The lowest BCUT2D eigenvalue weighted by Crippen LogP contribution is -2.49. The maximum Gasteiger partial charge on any atom is 0.224 e. The van der Waals surface area contributed by atoms with Gasteiger partial charge >= 0.3 is 0 Å². The molecule has 2 aliphatic heterocycles. The zero-order valence-corrected chi connectivity index (χ0v) is 17.1. The molecule has 1 amide bonds. The predicted molar refractivity (Wildman–Crippen MR) is 115 cm³/mol. The highest BCUT2D eigenvalue weighted by atomic mass is 35.5. The first-order valence-electron chi connectivity index (χ1n) is 10.0. The molecule has 1 atom stereocenters. The highest BCUT2D eigenvalue weighted by molar-refractivity contribution is 6.30. The number of halogens is 1. The molecule has 2 aromatic rings. The molecule has 0 unspecified atom stereocenters. The number of amides is 1. The maximum absolute atomic E-state index is 11.4. The van der Waals surface area contributed by atoms with E-state index in [2.05, 4.69) is 15.1 Å². The first kappa shape index (κ1) is 20.0. The summed E-state index contributed by atoms with van der Waals surface area (Å²) in [6.45, 7) is 4.49. The molecule has 2 aromatic carbocycles. The first-order chi connectivity index (χ1) is 14.1. The molecular formula is C22H26ClN3O3. The molecule has 0 spiro atoms. The summed E-state index contributed by atoms with van der Waals surface area (Å²) < 4.78 is 5.79. The average molecular weight is 416 g/mol. The lowest BCUT2D eigenvalue weighted by molar-refractivity contribution is -0.116. The Hall–Kier alpha value is -2.28. The molecule has 2 N–H and O–H groups in total. The standard InChI is InChI=1S/C22H26ClN3O3/c23-17-2-4-18(5-3-17)26-11-9-25(10-12-26)14-19(27)15-29-20-6-7-21-16(13-20)1-8-22(28)24-21/h2-7,13,19,27H,1,8-12,14-15H2,(H,24,28)/t19-/m1/s1. The largest absolute Gasteiger partial charge is 0.491 e. The van der Waals surface area contributed by atoms with E-state index in [1.54, 1.807) is 0 Å². The molecule has 0 radical (unpaired) electrons. The summed E-state index contributed by atoms with van der Waals surface area (Å²) in [7, 11) is 0. The number of nitrogens with zero attached hydrogens (tertiary/aromatic N) is 2. The monoisotopic (exact) mass is 415 g/mol. The lowest BCUT2D eigenvalue weighted by atomic mass is 10.0. The number of ether oxygens (including phenoxy) is 1. The Kier molecular flexibility index (Phi) is 6.23. The lowest BCUT2D eigenvalue weighted by Gasteiger charge is -2.36. The molecule has 2 heterocycles. The van der Waals surface area contributed by atoms with Gasteiger partial charge in [0.1, 0.15) is 18.5 Å². The summed E-state index contributed by atoms with van der Waals surface area (Å²) in [4.78, 5) is 16.0. The number of rotatable bonds is 6. The van der Waals surface area contributed by atoms with Gasteiger partial charge in [-0.05, 0) is 54.4 Å². The van der Waals surface area contributed by atoms with Crippen molar-refractivity contribution in [2.75, 3.05) is 49.5 Å². The van der Waals surface area contributed by atoms with Gasteiger partial charge in [-0.25, -0.2) is 0 Å². The van der Waals surface area contributed by atoms with E-state index in [-0.39, 0.29) is 12.5 Å². The Labute approximate surface area is 176 Å². The molecular weight excluding hydrogens is 390 g/mol. The van der Waals surface area contributed by atoms with E-state index in [0.717, 1.165) is 54.6 Å². The van der Waals surface area contributed by atoms with E-state index in [9.17, 15) is 9.90 Å². The van der Waals surface area contributed by atoms with Crippen LogP contribution in [-0.4, -0.2) is 61.3 Å². The van der Waals surface area contributed by atoms with Gasteiger partial charge in [0.2, 0.25) is 5.91 Å². The van der Waals surface area contributed by atoms with Crippen LogP contribution in [0.15, 0.2) is 42.5 Å². The van der Waals surface area contributed by atoms with Crippen molar-refractivity contribution in [1.29, 1.82) is 0 Å². The van der Waals surface area contributed by atoms with E-state index in [4.69, 9.17) is 16.3 Å². The zero-order valence-electron chi connectivity index (χ0n) is 16.3. The van der Waals surface area contributed by atoms with Crippen LogP contribution in [-0.2, 0) is 11.2 Å². The van der Waals surface area contributed by atoms with Gasteiger partial charge in [0, 0.05) is 55.5 Å². The third-order valence-electron chi connectivity index (χ3n) is 5.45. The van der Waals surface area contributed by atoms with Crippen molar-refractivity contribution in [3.63, 3.8) is 0 Å². The number of hydrogen-bond acceptors (Lipinski definition) is 5. The highest BCUT2D eigenvalue weighted by Crippen LogP contribution is 2.27. The van der Waals surface area contributed by atoms with Crippen molar-refractivity contribution >= 4 is 28.9 Å². The first-order valence-corrected chi connectivity index (χ1v) is 10.4. The molecule has 0 saturated carbocycles. The van der Waals surface area contributed by atoms with Gasteiger partial charge in [0.25, 0.3) is 0 Å². The molecule has 2 aliphatic rings. The van der Waals surface area contributed by atoms with Gasteiger partial charge in [-0.3, -0.25) is 9.69 Å². The van der Waals surface area contributed by atoms with Crippen molar-refractivity contribution in [2.45, 2.75) is 18.9 Å². The topological polar surface area (TPSA) is 65.0 Å². The van der Waals surface area contributed by atoms with Crippen LogP contribution in [0, 0.1) is 0 Å². The number of anilines is 2. The number of benzene rings is 2. The number of nitrogens with one attached hydrogen (secondary N) is 1. The number of fused-ring (bicyclic) bond motifs is 1. The number of aryl methyl sites for hydroxylation is 1. The maximum atomic E-state index is 11.4. The number of piperazine rings is 1. The van der Waals surface area contributed by atoms with Crippen LogP contribution < -0.4 is 15.0 Å². The summed E-state index contributed by atoms with van der Waals surface area (Å²) in [6, 6.07) is 13.6. The minimum atomic E-state index is -0.548. The molecule has 154 valence electrons. The molecule has 1 fully saturated rings. The predicted octanol–water partition coefficient (Wildman–Crippen LogP) is 2.79. The summed E-state index contributed by atoms with van der Waals surface area (Å²) in [5.74, 6) is 0.782. The van der Waals surface area contributed by atoms with Crippen LogP contribution in [0.3, 0.4) is 0 Å². The van der Waals surface area contributed by atoms with E-state index in [1.807, 2.05) is 42.5 Å². The molecule has 1 saturated heterocycles. The molecule has 0 aromatic heterocycles. The van der Waals surface area contributed by atoms with Gasteiger partial charge in [0.15, 0.2) is 0 Å². The Morgan fingerprint density at radius 2 is 1.83 bits per heavy atom. The Morgan fingerprint density at radius 1 is 1.07 bits per heavy atom. The van der Waals surface area contributed by atoms with Crippen LogP contribution in [0.2, 0.25) is 5.02 Å². The fraction of sp³-hybridized carbons (Fsp3) is 0.409. The number of aliphatic hydroxyl groups excluding tert-OH is 1. The molecule has 0 bridgehead atoms. The molecule has 4 rings (SSSR count). The fourth-order valence-corrected chi connectivity index (χ4v) is 3.96. The quantitative estimate of drug-likeness (QED) is 0.759. The summed E-state index contributed by atoms with van der Waals surface area (Å²) in [5, 5.41) is 14.0. The number of β-amino-alcohol motifs (C(OH)–C–C–N with tert-alkyl or cyclic N) is 1. The third kappa shape index (κ3) is 5.21. The summed E-state index contributed by atoms with van der Waals surface area (Å²) in [6.07, 6.45) is 0.674. The second kappa shape index (κ2) is 9.03. The number of hydrogen-bond donors (Lipinski definition) is 2. The zero-order chi connectivity index (χ0) is 20.2. The van der Waals surface area contributed by atoms with Crippen LogP contribution in [0.4, 0.5) is 11.4 Å².